The molecule has 0 fully saturated rings. The summed E-state index contributed by atoms with van der Waals surface area (Å²) in [5, 5.41) is 17.2. The molecule has 4 N–H and O–H groups in total. The first-order valence-corrected chi connectivity index (χ1v) is 4.57. The molecule has 0 spiro atoms. The lowest BCUT2D eigenvalue weighted by molar-refractivity contribution is 0.191. The van der Waals surface area contributed by atoms with Gasteiger partial charge in [0.1, 0.15) is 0 Å². The number of urea groups is 1. The van der Waals surface area contributed by atoms with Crippen LogP contribution in [-0.4, -0.2) is 43.4 Å². The van der Waals surface area contributed by atoms with Gasteiger partial charge in [-0.05, 0) is 13.8 Å². The predicted octanol–water partition coefficient (Wildman–Crippen LogP) is -0.724. The average molecular weight is 189 g/mol. The smallest absolute Gasteiger partial charge is 0.314 e. The Morgan fingerprint density at radius 3 is 2.62 bits per heavy atom. The van der Waals surface area contributed by atoms with Gasteiger partial charge in [0.05, 0.1) is 6.10 Å². The highest BCUT2D eigenvalue weighted by Crippen LogP contribution is 1.73. The summed E-state index contributed by atoms with van der Waals surface area (Å²) < 4.78 is 0. The fraction of sp³-hybridized carbons (Fsp3) is 0.875. The van der Waals surface area contributed by atoms with Crippen LogP contribution in [0.15, 0.2) is 0 Å². The average Bonchev–Trinajstić information content (AvgIpc) is 2.03. The van der Waals surface area contributed by atoms with E-state index in [1.165, 1.54) is 0 Å². The molecule has 1 atom stereocenters. The Kier molecular flexibility index (Phi) is 7.33. The Morgan fingerprint density at radius 1 is 1.38 bits per heavy atom. The van der Waals surface area contributed by atoms with Gasteiger partial charge >= 0.3 is 6.03 Å². The summed E-state index contributed by atoms with van der Waals surface area (Å²) in [4.78, 5) is 10.8. The van der Waals surface area contributed by atoms with Gasteiger partial charge in [-0.2, -0.15) is 0 Å². The summed E-state index contributed by atoms with van der Waals surface area (Å²) in [7, 11) is 0. The largest absolute Gasteiger partial charge is 0.392 e. The van der Waals surface area contributed by atoms with Gasteiger partial charge in [-0.1, -0.05) is 0 Å². The van der Waals surface area contributed by atoms with Crippen LogP contribution in [0.1, 0.15) is 13.8 Å². The lowest BCUT2D eigenvalue weighted by Crippen LogP contribution is -2.39. The maximum Gasteiger partial charge on any atom is 0.314 e. The highest BCUT2D eigenvalue weighted by Gasteiger charge is 1.96. The minimum atomic E-state index is -0.343. The third kappa shape index (κ3) is 9.10. The van der Waals surface area contributed by atoms with Crippen LogP contribution in [0.25, 0.3) is 0 Å². The van der Waals surface area contributed by atoms with E-state index in [4.69, 9.17) is 5.11 Å². The van der Waals surface area contributed by atoms with Crippen LogP contribution in [-0.2, 0) is 0 Å². The van der Waals surface area contributed by atoms with Crippen LogP contribution >= 0.6 is 0 Å². The topological polar surface area (TPSA) is 73.4 Å². The fourth-order valence-electron chi connectivity index (χ4n) is 0.798. The number of hydrogen-bond donors (Lipinski definition) is 4. The van der Waals surface area contributed by atoms with Crippen LogP contribution in [0.2, 0.25) is 0 Å². The molecule has 5 nitrogen and oxygen atoms in total. The minimum Gasteiger partial charge on any atom is -0.392 e. The molecule has 0 rings (SSSR count). The van der Waals surface area contributed by atoms with Crippen LogP contribution in [0.4, 0.5) is 4.79 Å². The van der Waals surface area contributed by atoms with Crippen LogP contribution in [0, 0.1) is 0 Å². The second-order valence-electron chi connectivity index (χ2n) is 2.84. The zero-order valence-electron chi connectivity index (χ0n) is 8.26. The highest BCUT2D eigenvalue weighted by molar-refractivity contribution is 5.73. The maximum atomic E-state index is 10.8. The van der Waals surface area contributed by atoms with Crippen molar-refractivity contribution in [1.29, 1.82) is 0 Å². The molecule has 0 saturated heterocycles. The second-order valence-corrected chi connectivity index (χ2v) is 2.84. The van der Waals surface area contributed by atoms with E-state index in [9.17, 15) is 4.79 Å². The van der Waals surface area contributed by atoms with Crippen LogP contribution in [0.5, 0.6) is 0 Å². The van der Waals surface area contributed by atoms with E-state index < -0.39 is 0 Å². The first kappa shape index (κ1) is 12.2. The third-order valence-electron chi connectivity index (χ3n) is 1.36. The first-order chi connectivity index (χ1) is 6.16. The number of carbonyl (C=O) groups is 1. The molecule has 78 valence electrons. The number of aliphatic hydroxyl groups excluding tert-OH is 1. The molecule has 0 bridgehead atoms. The number of aliphatic hydroxyl groups is 1. The summed E-state index contributed by atoms with van der Waals surface area (Å²) in [6, 6.07) is -0.152. The molecule has 0 aromatic rings. The molecule has 0 aromatic heterocycles. The molecule has 0 aliphatic rings. The maximum absolute atomic E-state index is 10.8. The first-order valence-electron chi connectivity index (χ1n) is 4.57. The zero-order valence-corrected chi connectivity index (χ0v) is 8.26. The van der Waals surface area contributed by atoms with Crippen molar-refractivity contribution in [3.63, 3.8) is 0 Å². The van der Waals surface area contributed by atoms with Gasteiger partial charge in [-0.15, -0.1) is 0 Å². The zero-order chi connectivity index (χ0) is 10.1. The van der Waals surface area contributed by atoms with Gasteiger partial charge < -0.3 is 21.1 Å². The molecule has 0 radical (unpaired) electrons. The molecule has 0 saturated carbocycles. The van der Waals surface area contributed by atoms with Crippen molar-refractivity contribution in [1.82, 2.24) is 16.0 Å². The standard InChI is InChI=1S/C8H19N3O2/c1-3-10-8(13)11-5-4-9-6-7(2)12/h7,9,12H,3-6H2,1-2H3,(H2,10,11,13). The van der Waals surface area contributed by atoms with E-state index in [1.807, 2.05) is 6.92 Å². The lowest BCUT2D eigenvalue weighted by Gasteiger charge is -2.08. The van der Waals surface area contributed by atoms with Gasteiger partial charge in [0.15, 0.2) is 0 Å². The molecule has 2 amide bonds. The van der Waals surface area contributed by atoms with Gasteiger partial charge in [0.25, 0.3) is 0 Å². The van der Waals surface area contributed by atoms with E-state index in [0.29, 0.717) is 26.2 Å². The molecule has 0 aliphatic heterocycles. The lowest BCUT2D eigenvalue weighted by atomic mass is 10.4. The van der Waals surface area contributed by atoms with Gasteiger partial charge in [-0.25, -0.2) is 4.79 Å². The summed E-state index contributed by atoms with van der Waals surface area (Å²) in [5.74, 6) is 0. The Labute approximate surface area is 78.9 Å². The quantitative estimate of drug-likeness (QED) is 0.416. The van der Waals surface area contributed by atoms with Crippen molar-refractivity contribution in [2.75, 3.05) is 26.2 Å². The van der Waals surface area contributed by atoms with E-state index in [-0.39, 0.29) is 12.1 Å². The van der Waals surface area contributed by atoms with E-state index in [1.54, 1.807) is 6.92 Å². The summed E-state index contributed by atoms with van der Waals surface area (Å²) in [6.07, 6.45) is -0.343. The van der Waals surface area contributed by atoms with Gasteiger partial charge in [0.2, 0.25) is 0 Å². The minimum absolute atomic E-state index is 0.152. The van der Waals surface area contributed by atoms with Crippen molar-refractivity contribution in [3.8, 4) is 0 Å². The number of hydrogen-bond acceptors (Lipinski definition) is 3. The van der Waals surface area contributed by atoms with E-state index >= 15 is 0 Å². The third-order valence-corrected chi connectivity index (χ3v) is 1.36. The van der Waals surface area contributed by atoms with Gasteiger partial charge in [0, 0.05) is 26.2 Å². The number of nitrogens with one attached hydrogen (secondary N) is 3. The van der Waals surface area contributed by atoms with Crippen molar-refractivity contribution in [2.24, 2.45) is 0 Å². The number of amides is 2. The summed E-state index contributed by atoms with van der Waals surface area (Å²) in [5.41, 5.74) is 0. The Morgan fingerprint density at radius 2 is 2.08 bits per heavy atom. The second kappa shape index (κ2) is 7.82. The molecule has 0 aromatic carbocycles. The summed E-state index contributed by atoms with van der Waals surface area (Å²) in [6.45, 7) is 6.00. The van der Waals surface area contributed by atoms with Crippen molar-refractivity contribution < 1.29 is 9.90 Å². The van der Waals surface area contributed by atoms with Gasteiger partial charge in [-0.3, -0.25) is 0 Å². The van der Waals surface area contributed by atoms with E-state index in [2.05, 4.69) is 16.0 Å². The van der Waals surface area contributed by atoms with E-state index in [0.717, 1.165) is 0 Å². The Bertz CT molecular complexity index is 139. The molecular formula is C8H19N3O2. The van der Waals surface area contributed by atoms with Crippen molar-refractivity contribution in [2.45, 2.75) is 20.0 Å². The van der Waals surface area contributed by atoms with Crippen molar-refractivity contribution >= 4 is 6.03 Å². The van der Waals surface area contributed by atoms with Crippen LogP contribution in [0.3, 0.4) is 0 Å². The Hall–Kier alpha value is -0.810. The molecule has 0 aliphatic carbocycles. The normalized spacial score (nSPS) is 12.2. The molecular weight excluding hydrogens is 170 g/mol. The van der Waals surface area contributed by atoms with Crippen LogP contribution < -0.4 is 16.0 Å². The SMILES string of the molecule is CCNC(=O)NCCNCC(C)O. The highest BCUT2D eigenvalue weighted by atomic mass is 16.3. The predicted molar refractivity (Wildman–Crippen MR) is 51.6 cm³/mol. The monoisotopic (exact) mass is 189 g/mol. The molecule has 5 heteroatoms. The molecule has 13 heavy (non-hydrogen) atoms. The fourth-order valence-corrected chi connectivity index (χ4v) is 0.798. The molecule has 1 unspecified atom stereocenters. The number of rotatable bonds is 6. The molecule has 0 heterocycles. The number of carbonyl (C=O) groups excluding carboxylic acids is 1. The summed E-state index contributed by atoms with van der Waals surface area (Å²) >= 11 is 0. The van der Waals surface area contributed by atoms with Crippen molar-refractivity contribution in [3.05, 3.63) is 0 Å². The Balaban J connectivity index is 3.11.